The minimum Gasteiger partial charge on any atom is -0.494 e. The summed E-state index contributed by atoms with van der Waals surface area (Å²) < 4.78 is 19.9. The Hall–Kier alpha value is -4.11. The van der Waals surface area contributed by atoms with Crippen molar-refractivity contribution in [2.45, 2.75) is 94.6 Å². The second-order valence-corrected chi connectivity index (χ2v) is 16.5. The van der Waals surface area contributed by atoms with Gasteiger partial charge >= 0.3 is 0 Å². The molecule has 2 amide bonds. The molecule has 1 saturated carbocycles. The quantitative estimate of drug-likeness (QED) is 0.108. The minimum absolute atomic E-state index is 0.188. The lowest BCUT2D eigenvalue weighted by molar-refractivity contribution is -0.110. The molecular formula is C42H51N5O7S. The van der Waals surface area contributed by atoms with Crippen LogP contribution in [-0.2, 0) is 4.74 Å². The van der Waals surface area contributed by atoms with E-state index in [-0.39, 0.29) is 12.2 Å². The molecule has 4 heterocycles. The number of aliphatic hydroxyl groups is 2. The average Bonchev–Trinajstić information content (AvgIpc) is 3.70. The zero-order valence-electron chi connectivity index (χ0n) is 31.6. The highest BCUT2D eigenvalue weighted by molar-refractivity contribution is 7.21. The molecule has 0 spiro atoms. The van der Waals surface area contributed by atoms with Crippen molar-refractivity contribution in [1.82, 2.24) is 20.1 Å². The molecule has 292 valence electrons. The molecule has 3 fully saturated rings. The smallest absolute Gasteiger partial charge is 0.262 e. The Balaban J connectivity index is 0.696. The monoisotopic (exact) mass is 769 g/mol. The molecule has 0 radical (unpaired) electrons. The molecule has 12 nitrogen and oxygen atoms in total. The van der Waals surface area contributed by atoms with Gasteiger partial charge in [0.25, 0.3) is 11.8 Å². The third-order valence-corrected chi connectivity index (χ3v) is 12.4. The Morgan fingerprint density at radius 2 is 1.60 bits per heavy atom. The van der Waals surface area contributed by atoms with Gasteiger partial charge in [0.05, 0.1) is 46.2 Å². The third kappa shape index (κ3) is 8.52. The molecule has 3 aliphatic heterocycles. The normalized spacial score (nSPS) is 24.6. The topological polar surface area (TPSA) is 137 Å². The van der Waals surface area contributed by atoms with Gasteiger partial charge in [-0.05, 0) is 112 Å². The first-order valence-electron chi connectivity index (χ1n) is 19.7. The van der Waals surface area contributed by atoms with Crippen molar-refractivity contribution in [1.29, 1.82) is 0 Å². The van der Waals surface area contributed by atoms with Crippen LogP contribution in [0.2, 0.25) is 0 Å². The molecule has 1 aliphatic carbocycles. The molecule has 1 aromatic heterocycles. The van der Waals surface area contributed by atoms with E-state index < -0.39 is 30.3 Å². The largest absolute Gasteiger partial charge is 0.494 e. The number of carbonyl (C=O) groups is 2. The first kappa shape index (κ1) is 37.8. The standard InChI is InChI=1S/C42H51N5O7S/c1-45(2)27-8-6-26(7-9-27)40-43-35-13-11-30(25-37(35)55-40)54-32-22-31(23-32)53-28-16-19-46(20-17-28)18-4-3-5-21-52-29-10-12-33-34(24-29)42(51)47(41(33)50)36-14-15-38(48)44-39(36)49/h6-13,24-25,28,31-32,36,38-39,44,48-49H,3-5,14-23H2,1-2H3/t31?,32?,36-,38-,39-/m1/s1. The second kappa shape index (κ2) is 16.5. The summed E-state index contributed by atoms with van der Waals surface area (Å²) >= 11 is 1.70. The van der Waals surface area contributed by atoms with Gasteiger partial charge in [0, 0.05) is 51.3 Å². The Kier molecular flexibility index (Phi) is 11.4. The molecule has 3 N–H and O–H groups in total. The summed E-state index contributed by atoms with van der Waals surface area (Å²) in [7, 11) is 4.09. The fourth-order valence-corrected chi connectivity index (χ4v) is 9.04. The minimum atomic E-state index is -1.17. The lowest BCUT2D eigenvalue weighted by Gasteiger charge is -2.40. The van der Waals surface area contributed by atoms with Crippen molar-refractivity contribution >= 4 is 39.1 Å². The zero-order valence-corrected chi connectivity index (χ0v) is 32.4. The van der Waals surface area contributed by atoms with Crippen LogP contribution in [-0.4, -0.2) is 114 Å². The molecular weight excluding hydrogens is 719 g/mol. The highest BCUT2D eigenvalue weighted by atomic mass is 32.1. The predicted octanol–water partition coefficient (Wildman–Crippen LogP) is 5.65. The van der Waals surface area contributed by atoms with Crippen LogP contribution in [0, 0.1) is 0 Å². The van der Waals surface area contributed by atoms with Crippen LogP contribution in [0.4, 0.5) is 5.69 Å². The number of aromatic nitrogens is 1. The Morgan fingerprint density at radius 3 is 2.36 bits per heavy atom. The summed E-state index contributed by atoms with van der Waals surface area (Å²) in [5.41, 5.74) is 3.90. The van der Waals surface area contributed by atoms with E-state index >= 15 is 0 Å². The highest BCUT2D eigenvalue weighted by Gasteiger charge is 2.44. The van der Waals surface area contributed by atoms with Gasteiger partial charge in [0.2, 0.25) is 0 Å². The number of likely N-dealkylation sites (tertiary alicyclic amines) is 1. The summed E-state index contributed by atoms with van der Waals surface area (Å²) in [6, 6.07) is 19.0. The predicted molar refractivity (Wildman–Crippen MR) is 212 cm³/mol. The van der Waals surface area contributed by atoms with Crippen molar-refractivity contribution in [2.75, 3.05) is 45.2 Å². The average molecular weight is 770 g/mol. The van der Waals surface area contributed by atoms with Crippen LogP contribution in [0.3, 0.4) is 0 Å². The number of imide groups is 1. The van der Waals surface area contributed by atoms with Crippen LogP contribution < -0.4 is 19.7 Å². The lowest BCUT2D eigenvalue weighted by Crippen LogP contribution is -2.58. The Labute approximate surface area is 326 Å². The third-order valence-electron chi connectivity index (χ3n) is 11.3. The molecule has 2 saturated heterocycles. The number of piperidine rings is 2. The summed E-state index contributed by atoms with van der Waals surface area (Å²) in [6.07, 6.45) is 6.42. The van der Waals surface area contributed by atoms with Crippen molar-refractivity contribution in [2.24, 2.45) is 0 Å². The number of fused-ring (bicyclic) bond motifs is 2. The van der Waals surface area contributed by atoms with Crippen LogP contribution >= 0.6 is 11.3 Å². The van der Waals surface area contributed by atoms with E-state index in [9.17, 15) is 19.8 Å². The molecule has 3 atom stereocenters. The number of rotatable bonds is 14. The van der Waals surface area contributed by atoms with E-state index in [1.54, 1.807) is 29.5 Å². The van der Waals surface area contributed by atoms with Gasteiger partial charge in [-0.3, -0.25) is 19.8 Å². The summed E-state index contributed by atoms with van der Waals surface area (Å²) in [4.78, 5) is 36.7. The number of amides is 2. The maximum Gasteiger partial charge on any atom is 0.262 e. The summed E-state index contributed by atoms with van der Waals surface area (Å²) in [6.45, 7) is 3.70. The van der Waals surface area contributed by atoms with E-state index in [4.69, 9.17) is 19.2 Å². The SMILES string of the molecule is CN(C)c1ccc(-c2nc3ccc(OC4CC(OC5CCN(CCCCCOc6ccc7c(c6)C(=O)N([C@@H]6CC[C@@H](O)N[C@@H]6O)C7=O)CC5)C4)cc3s2)cc1. The molecule has 4 aromatic rings. The molecule has 4 aliphatic rings. The van der Waals surface area contributed by atoms with Gasteiger partial charge in [-0.1, -0.05) is 0 Å². The number of unbranched alkanes of at least 4 members (excludes halogenated alkanes) is 2. The Morgan fingerprint density at radius 1 is 0.836 bits per heavy atom. The molecule has 0 bridgehead atoms. The lowest BCUT2D eigenvalue weighted by atomic mass is 9.91. The molecule has 13 heteroatoms. The number of ether oxygens (including phenoxy) is 3. The van der Waals surface area contributed by atoms with E-state index in [0.29, 0.717) is 42.4 Å². The van der Waals surface area contributed by atoms with Crippen molar-refractivity contribution in [3.05, 3.63) is 71.8 Å². The number of hydrogen-bond acceptors (Lipinski definition) is 12. The van der Waals surface area contributed by atoms with Gasteiger partial charge in [0.1, 0.15) is 35.1 Å². The van der Waals surface area contributed by atoms with Crippen LogP contribution in [0.15, 0.2) is 60.7 Å². The first-order valence-corrected chi connectivity index (χ1v) is 20.5. The first-order chi connectivity index (χ1) is 26.7. The number of nitrogens with zero attached hydrogens (tertiary/aromatic N) is 4. The number of nitrogens with one attached hydrogen (secondary N) is 1. The van der Waals surface area contributed by atoms with Crippen LogP contribution in [0.5, 0.6) is 11.5 Å². The number of thiazole rings is 1. The number of carbonyl (C=O) groups excluding carboxylic acids is 2. The zero-order chi connectivity index (χ0) is 38.1. The van der Waals surface area contributed by atoms with Crippen LogP contribution in [0.1, 0.15) is 78.5 Å². The Bertz CT molecular complexity index is 1970. The van der Waals surface area contributed by atoms with Crippen molar-refractivity contribution in [3.8, 4) is 22.1 Å². The summed E-state index contributed by atoms with van der Waals surface area (Å²) in [5.74, 6) is 0.590. The second-order valence-electron chi connectivity index (χ2n) is 15.5. The van der Waals surface area contributed by atoms with E-state index in [1.807, 2.05) is 20.2 Å². The van der Waals surface area contributed by atoms with Gasteiger partial charge in [-0.25, -0.2) is 4.98 Å². The molecule has 0 unspecified atom stereocenters. The van der Waals surface area contributed by atoms with E-state index in [0.717, 1.165) is 96.0 Å². The van der Waals surface area contributed by atoms with Gasteiger partial charge < -0.3 is 34.2 Å². The van der Waals surface area contributed by atoms with Gasteiger partial charge in [0.15, 0.2) is 0 Å². The van der Waals surface area contributed by atoms with E-state index in [2.05, 4.69) is 51.5 Å². The number of anilines is 1. The van der Waals surface area contributed by atoms with E-state index in [1.165, 1.54) is 5.69 Å². The fraction of sp³-hybridized carbons (Fsp3) is 0.500. The molecule has 3 aromatic carbocycles. The maximum absolute atomic E-state index is 13.1. The van der Waals surface area contributed by atoms with Crippen molar-refractivity contribution < 1.29 is 34.0 Å². The van der Waals surface area contributed by atoms with Gasteiger partial charge in [-0.15, -0.1) is 11.3 Å². The number of aliphatic hydroxyl groups excluding tert-OH is 2. The number of benzene rings is 3. The molecule has 55 heavy (non-hydrogen) atoms. The van der Waals surface area contributed by atoms with Crippen LogP contribution in [0.25, 0.3) is 20.8 Å². The highest BCUT2D eigenvalue weighted by Crippen LogP contribution is 2.36. The van der Waals surface area contributed by atoms with Gasteiger partial charge in [-0.2, -0.15) is 0 Å². The fourth-order valence-electron chi connectivity index (χ4n) is 8.04. The maximum atomic E-state index is 13.1. The molecule has 8 rings (SSSR count). The van der Waals surface area contributed by atoms with Crippen molar-refractivity contribution in [3.63, 3.8) is 0 Å². The summed E-state index contributed by atoms with van der Waals surface area (Å²) in [5, 5.41) is 23.7. The number of hydrogen-bond donors (Lipinski definition) is 3.